The minimum Gasteiger partial charge on any atom is -0.299 e. The standard InChI is InChI=1S/C12H15BrO/c1-3-11(12(13)9(2)14)10-7-5-4-6-8-10/h4-8,11-12H,3H2,1-2H3/t11-,12?/m1/s1. The summed E-state index contributed by atoms with van der Waals surface area (Å²) in [5.41, 5.74) is 1.23. The number of ketones is 1. The Bertz CT molecular complexity index is 294. The van der Waals surface area contributed by atoms with Gasteiger partial charge in [0.25, 0.3) is 0 Å². The third-order valence-corrected chi connectivity index (χ3v) is 3.69. The second kappa shape index (κ2) is 5.30. The number of hydrogen-bond acceptors (Lipinski definition) is 1. The highest BCUT2D eigenvalue weighted by Crippen LogP contribution is 2.28. The molecule has 2 heteroatoms. The van der Waals surface area contributed by atoms with Crippen molar-refractivity contribution in [2.24, 2.45) is 0 Å². The van der Waals surface area contributed by atoms with Crippen LogP contribution >= 0.6 is 15.9 Å². The zero-order valence-corrected chi connectivity index (χ0v) is 10.1. The Kier molecular flexibility index (Phi) is 4.33. The molecule has 76 valence electrons. The van der Waals surface area contributed by atoms with Crippen LogP contribution in [0.3, 0.4) is 0 Å². The molecule has 14 heavy (non-hydrogen) atoms. The fourth-order valence-electron chi connectivity index (χ4n) is 1.60. The Morgan fingerprint density at radius 1 is 1.36 bits per heavy atom. The van der Waals surface area contributed by atoms with Gasteiger partial charge in [-0.15, -0.1) is 0 Å². The van der Waals surface area contributed by atoms with E-state index in [9.17, 15) is 4.79 Å². The molecule has 0 aliphatic carbocycles. The third-order valence-electron chi connectivity index (χ3n) is 2.41. The summed E-state index contributed by atoms with van der Waals surface area (Å²) in [5, 5.41) is 0. The van der Waals surface area contributed by atoms with E-state index >= 15 is 0 Å². The van der Waals surface area contributed by atoms with Gasteiger partial charge < -0.3 is 0 Å². The molecule has 0 saturated heterocycles. The fraction of sp³-hybridized carbons (Fsp3) is 0.417. The SMILES string of the molecule is CC[C@H](c1ccccc1)C(Br)C(C)=O. The first-order valence-electron chi connectivity index (χ1n) is 4.86. The van der Waals surface area contributed by atoms with Crippen molar-refractivity contribution in [2.45, 2.75) is 31.0 Å². The maximum absolute atomic E-state index is 11.3. The molecule has 1 unspecified atom stereocenters. The van der Waals surface area contributed by atoms with Crippen LogP contribution in [0.5, 0.6) is 0 Å². The van der Waals surface area contributed by atoms with E-state index in [-0.39, 0.29) is 16.5 Å². The van der Waals surface area contributed by atoms with Gasteiger partial charge >= 0.3 is 0 Å². The third kappa shape index (κ3) is 2.68. The van der Waals surface area contributed by atoms with Gasteiger partial charge in [0.05, 0.1) is 4.83 Å². The summed E-state index contributed by atoms with van der Waals surface area (Å²) in [6.45, 7) is 3.74. The number of rotatable bonds is 4. The number of Topliss-reactive ketones (excluding diaryl/α,β-unsaturated/α-hetero) is 1. The van der Waals surface area contributed by atoms with E-state index in [2.05, 4.69) is 35.0 Å². The predicted molar refractivity (Wildman–Crippen MR) is 62.9 cm³/mol. The van der Waals surface area contributed by atoms with E-state index in [0.29, 0.717) is 0 Å². The molecule has 1 aromatic rings. The Balaban J connectivity index is 2.87. The predicted octanol–water partition coefficient (Wildman–Crippen LogP) is 3.53. The molecule has 1 aromatic carbocycles. The van der Waals surface area contributed by atoms with E-state index in [1.165, 1.54) is 5.56 Å². The van der Waals surface area contributed by atoms with Gasteiger partial charge in [-0.25, -0.2) is 0 Å². The molecule has 1 nitrogen and oxygen atoms in total. The number of halogens is 1. The normalized spacial score (nSPS) is 14.8. The molecule has 2 atom stereocenters. The van der Waals surface area contributed by atoms with Gasteiger partial charge in [0.15, 0.2) is 0 Å². The molecule has 0 N–H and O–H groups in total. The van der Waals surface area contributed by atoms with E-state index in [1.807, 2.05) is 18.2 Å². The zero-order chi connectivity index (χ0) is 10.6. The van der Waals surface area contributed by atoms with Crippen molar-refractivity contribution in [3.63, 3.8) is 0 Å². The topological polar surface area (TPSA) is 17.1 Å². The van der Waals surface area contributed by atoms with Gasteiger partial charge in [-0.2, -0.15) is 0 Å². The van der Waals surface area contributed by atoms with Crippen molar-refractivity contribution in [1.29, 1.82) is 0 Å². The average Bonchev–Trinajstić information content (AvgIpc) is 2.20. The number of hydrogen-bond donors (Lipinski definition) is 0. The van der Waals surface area contributed by atoms with Crippen molar-refractivity contribution in [1.82, 2.24) is 0 Å². The summed E-state index contributed by atoms with van der Waals surface area (Å²) in [4.78, 5) is 11.2. The molecule has 0 amide bonds. The molecule has 0 radical (unpaired) electrons. The maximum Gasteiger partial charge on any atom is 0.144 e. The lowest BCUT2D eigenvalue weighted by atomic mass is 9.92. The van der Waals surface area contributed by atoms with Crippen molar-refractivity contribution < 1.29 is 4.79 Å². The molecular formula is C12H15BrO. The van der Waals surface area contributed by atoms with Crippen LogP contribution in [0.4, 0.5) is 0 Å². The lowest BCUT2D eigenvalue weighted by Gasteiger charge is -2.19. The number of alkyl halides is 1. The molecule has 0 heterocycles. The maximum atomic E-state index is 11.3. The molecule has 0 aromatic heterocycles. The smallest absolute Gasteiger partial charge is 0.144 e. The van der Waals surface area contributed by atoms with Gasteiger partial charge in [-0.1, -0.05) is 53.2 Å². The second-order valence-electron chi connectivity index (χ2n) is 3.44. The molecule has 1 rings (SSSR count). The van der Waals surface area contributed by atoms with E-state index in [4.69, 9.17) is 0 Å². The van der Waals surface area contributed by atoms with E-state index < -0.39 is 0 Å². The molecule has 0 spiro atoms. The van der Waals surface area contributed by atoms with Crippen LogP contribution in [0, 0.1) is 0 Å². The van der Waals surface area contributed by atoms with Gasteiger partial charge in [-0.05, 0) is 18.9 Å². The van der Waals surface area contributed by atoms with Gasteiger partial charge in [0, 0.05) is 5.92 Å². The van der Waals surface area contributed by atoms with Crippen molar-refractivity contribution in [3.8, 4) is 0 Å². The van der Waals surface area contributed by atoms with Crippen LogP contribution in [0.1, 0.15) is 31.7 Å². The summed E-state index contributed by atoms with van der Waals surface area (Å²) >= 11 is 3.46. The number of benzene rings is 1. The van der Waals surface area contributed by atoms with Crippen molar-refractivity contribution in [3.05, 3.63) is 35.9 Å². The van der Waals surface area contributed by atoms with Crippen LogP contribution in [0.2, 0.25) is 0 Å². The highest BCUT2D eigenvalue weighted by atomic mass is 79.9. The Morgan fingerprint density at radius 3 is 2.36 bits per heavy atom. The molecule has 0 aliphatic rings. The quantitative estimate of drug-likeness (QED) is 0.752. The van der Waals surface area contributed by atoms with Crippen LogP contribution in [0.15, 0.2) is 30.3 Å². The average molecular weight is 255 g/mol. The summed E-state index contributed by atoms with van der Waals surface area (Å²) in [6, 6.07) is 10.2. The second-order valence-corrected chi connectivity index (χ2v) is 4.42. The highest BCUT2D eigenvalue weighted by molar-refractivity contribution is 9.10. The van der Waals surface area contributed by atoms with Gasteiger partial charge in [0.1, 0.15) is 5.78 Å². The molecule has 0 saturated carbocycles. The van der Waals surface area contributed by atoms with Gasteiger partial charge in [0.2, 0.25) is 0 Å². The van der Waals surface area contributed by atoms with Crippen LogP contribution in [-0.4, -0.2) is 10.6 Å². The summed E-state index contributed by atoms with van der Waals surface area (Å²) in [6.07, 6.45) is 0.972. The lowest BCUT2D eigenvalue weighted by molar-refractivity contribution is -0.116. The van der Waals surface area contributed by atoms with E-state index in [1.54, 1.807) is 6.92 Å². The molecule has 0 aliphatic heterocycles. The number of carbonyl (C=O) groups is 1. The summed E-state index contributed by atoms with van der Waals surface area (Å²) < 4.78 is 0. The van der Waals surface area contributed by atoms with Crippen molar-refractivity contribution in [2.75, 3.05) is 0 Å². The van der Waals surface area contributed by atoms with E-state index in [0.717, 1.165) is 6.42 Å². The first kappa shape index (κ1) is 11.4. The number of carbonyl (C=O) groups excluding carboxylic acids is 1. The Hall–Kier alpha value is -0.630. The van der Waals surface area contributed by atoms with Crippen LogP contribution in [-0.2, 0) is 4.79 Å². The Morgan fingerprint density at radius 2 is 1.93 bits per heavy atom. The largest absolute Gasteiger partial charge is 0.299 e. The lowest BCUT2D eigenvalue weighted by Crippen LogP contribution is -2.19. The molecule has 0 bridgehead atoms. The van der Waals surface area contributed by atoms with Gasteiger partial charge in [-0.3, -0.25) is 4.79 Å². The summed E-state index contributed by atoms with van der Waals surface area (Å²) in [7, 11) is 0. The Labute approximate surface area is 93.7 Å². The first-order chi connectivity index (χ1) is 6.66. The molecular weight excluding hydrogens is 240 g/mol. The molecule has 0 fully saturated rings. The minimum atomic E-state index is -0.0603. The fourth-order valence-corrected chi connectivity index (χ4v) is 2.27. The minimum absolute atomic E-state index is 0.0603. The van der Waals surface area contributed by atoms with Crippen LogP contribution in [0.25, 0.3) is 0 Å². The first-order valence-corrected chi connectivity index (χ1v) is 5.77. The zero-order valence-electron chi connectivity index (χ0n) is 8.53. The highest BCUT2D eigenvalue weighted by Gasteiger charge is 2.22. The summed E-state index contributed by atoms with van der Waals surface area (Å²) in [5.74, 6) is 0.481. The van der Waals surface area contributed by atoms with Crippen LogP contribution < -0.4 is 0 Å². The monoisotopic (exact) mass is 254 g/mol. The van der Waals surface area contributed by atoms with Crippen molar-refractivity contribution >= 4 is 21.7 Å².